The van der Waals surface area contributed by atoms with E-state index in [2.05, 4.69) is 4.74 Å². The number of ether oxygens (including phenoxy) is 1. The second-order valence-electron chi connectivity index (χ2n) is 5.31. The van der Waals surface area contributed by atoms with E-state index >= 15 is 0 Å². The molecular formula is C19H18ClNO4. The first-order chi connectivity index (χ1) is 12.0. The first-order valence-corrected chi connectivity index (χ1v) is 8.18. The topological polar surface area (TPSA) is 65.4 Å². The highest BCUT2D eigenvalue weighted by molar-refractivity contribution is 6.37. The summed E-state index contributed by atoms with van der Waals surface area (Å²) in [5.41, 5.74) is 1.88. The highest BCUT2D eigenvalue weighted by atomic mass is 35.5. The van der Waals surface area contributed by atoms with E-state index in [0.29, 0.717) is 11.6 Å². The normalized spacial score (nSPS) is 10.8. The monoisotopic (exact) mass is 359 g/mol. The van der Waals surface area contributed by atoms with Crippen LogP contribution >= 0.6 is 11.6 Å². The van der Waals surface area contributed by atoms with Gasteiger partial charge in [-0.25, -0.2) is 4.79 Å². The summed E-state index contributed by atoms with van der Waals surface area (Å²) in [7, 11) is 0. The molecule has 0 saturated heterocycles. The van der Waals surface area contributed by atoms with Crippen LogP contribution in [0, 0.1) is 0 Å². The van der Waals surface area contributed by atoms with E-state index in [1.165, 1.54) is 6.08 Å². The lowest BCUT2D eigenvalue weighted by Gasteiger charge is -2.07. The van der Waals surface area contributed by atoms with Crippen LogP contribution in [-0.2, 0) is 25.7 Å². The van der Waals surface area contributed by atoms with Crippen molar-refractivity contribution >= 4 is 35.2 Å². The SMILES string of the molecule is CCOC(=O)C(=O)CC(=O)/C=C/c1cccn1Cc1ccc(Cl)cc1. The number of carbonyl (C=O) groups is 3. The van der Waals surface area contributed by atoms with Crippen LogP contribution in [0.4, 0.5) is 0 Å². The molecule has 0 N–H and O–H groups in total. The summed E-state index contributed by atoms with van der Waals surface area (Å²) in [6.07, 6.45) is 4.32. The zero-order chi connectivity index (χ0) is 18.2. The molecule has 1 aromatic carbocycles. The lowest BCUT2D eigenvalue weighted by atomic mass is 10.2. The van der Waals surface area contributed by atoms with Crippen molar-refractivity contribution in [1.29, 1.82) is 0 Å². The molecule has 0 aliphatic rings. The molecule has 1 aromatic heterocycles. The number of rotatable bonds is 8. The predicted octanol–water partition coefficient (Wildman–Crippen LogP) is 3.29. The van der Waals surface area contributed by atoms with Gasteiger partial charge in [0, 0.05) is 23.5 Å². The molecule has 0 aliphatic carbocycles. The average molecular weight is 360 g/mol. The highest BCUT2D eigenvalue weighted by Crippen LogP contribution is 2.13. The number of ketones is 2. The second-order valence-corrected chi connectivity index (χ2v) is 5.74. The fraction of sp³-hybridized carbons (Fsp3) is 0.211. The van der Waals surface area contributed by atoms with Gasteiger partial charge >= 0.3 is 5.97 Å². The lowest BCUT2D eigenvalue weighted by Crippen LogP contribution is -2.19. The molecule has 0 spiro atoms. The number of Topliss-reactive ketones (excluding diaryl/α,β-unsaturated/α-hetero) is 1. The van der Waals surface area contributed by atoms with Crippen LogP contribution in [0.1, 0.15) is 24.6 Å². The number of hydrogen-bond acceptors (Lipinski definition) is 4. The molecule has 0 aliphatic heterocycles. The third-order valence-corrected chi connectivity index (χ3v) is 3.66. The van der Waals surface area contributed by atoms with Crippen molar-refractivity contribution in [2.45, 2.75) is 19.9 Å². The van der Waals surface area contributed by atoms with Gasteiger partial charge in [0.1, 0.15) is 0 Å². The number of carbonyl (C=O) groups excluding carboxylic acids is 3. The molecule has 0 atom stereocenters. The highest BCUT2D eigenvalue weighted by Gasteiger charge is 2.17. The minimum Gasteiger partial charge on any atom is -0.460 e. The molecule has 25 heavy (non-hydrogen) atoms. The first kappa shape index (κ1) is 18.7. The van der Waals surface area contributed by atoms with Gasteiger partial charge in [-0.05, 0) is 48.9 Å². The Labute approximate surface area is 150 Å². The van der Waals surface area contributed by atoms with Crippen LogP contribution in [-0.4, -0.2) is 28.7 Å². The molecule has 0 fully saturated rings. The fourth-order valence-corrected chi connectivity index (χ4v) is 2.31. The molecule has 6 heteroatoms. The number of halogens is 1. The van der Waals surface area contributed by atoms with Crippen molar-refractivity contribution in [3.63, 3.8) is 0 Å². The van der Waals surface area contributed by atoms with E-state index in [9.17, 15) is 14.4 Å². The average Bonchev–Trinajstić information content (AvgIpc) is 3.02. The third-order valence-electron chi connectivity index (χ3n) is 3.41. The summed E-state index contributed by atoms with van der Waals surface area (Å²) in [5.74, 6) is -2.26. The molecular weight excluding hydrogens is 342 g/mol. The molecule has 2 rings (SSSR count). The molecule has 0 amide bonds. The Balaban J connectivity index is 1.98. The number of aromatic nitrogens is 1. The quantitative estimate of drug-likeness (QED) is 0.314. The third kappa shape index (κ3) is 5.72. The maximum atomic E-state index is 11.8. The van der Waals surface area contributed by atoms with Gasteiger partial charge in [-0.15, -0.1) is 0 Å². The van der Waals surface area contributed by atoms with E-state index < -0.39 is 24.0 Å². The van der Waals surface area contributed by atoms with E-state index in [0.717, 1.165) is 11.3 Å². The summed E-state index contributed by atoms with van der Waals surface area (Å²) in [6.45, 7) is 2.33. The van der Waals surface area contributed by atoms with Crippen LogP contribution in [0.5, 0.6) is 0 Å². The van der Waals surface area contributed by atoms with E-state index in [4.69, 9.17) is 11.6 Å². The van der Waals surface area contributed by atoms with E-state index in [1.54, 1.807) is 13.0 Å². The molecule has 0 unspecified atom stereocenters. The van der Waals surface area contributed by atoms with Crippen molar-refractivity contribution in [2.24, 2.45) is 0 Å². The molecule has 2 aromatic rings. The van der Waals surface area contributed by atoms with Gasteiger partial charge in [0.15, 0.2) is 5.78 Å². The Bertz CT molecular complexity index is 790. The molecule has 0 bridgehead atoms. The smallest absolute Gasteiger partial charge is 0.375 e. The van der Waals surface area contributed by atoms with E-state index in [-0.39, 0.29) is 6.61 Å². The minimum atomic E-state index is -0.977. The molecule has 0 radical (unpaired) electrons. The maximum absolute atomic E-state index is 11.8. The Morgan fingerprint density at radius 3 is 2.56 bits per heavy atom. The fourth-order valence-electron chi connectivity index (χ4n) is 2.19. The largest absolute Gasteiger partial charge is 0.460 e. The number of allylic oxidation sites excluding steroid dienone is 1. The summed E-state index contributed by atoms with van der Waals surface area (Å²) in [6, 6.07) is 11.2. The van der Waals surface area contributed by atoms with Crippen molar-refractivity contribution in [1.82, 2.24) is 4.57 Å². The van der Waals surface area contributed by atoms with Gasteiger partial charge in [-0.1, -0.05) is 23.7 Å². The van der Waals surface area contributed by atoms with E-state index in [1.807, 2.05) is 47.2 Å². The Morgan fingerprint density at radius 1 is 1.16 bits per heavy atom. The summed E-state index contributed by atoms with van der Waals surface area (Å²) in [5, 5.41) is 0.674. The first-order valence-electron chi connectivity index (χ1n) is 7.80. The Kier molecular flexibility index (Phi) is 6.71. The minimum absolute atomic E-state index is 0.104. The van der Waals surface area contributed by atoms with Crippen molar-refractivity contribution < 1.29 is 19.1 Å². The maximum Gasteiger partial charge on any atom is 0.375 e. The van der Waals surface area contributed by atoms with Crippen molar-refractivity contribution in [3.05, 3.63) is 65.0 Å². The van der Waals surface area contributed by atoms with Crippen molar-refractivity contribution in [3.8, 4) is 0 Å². The van der Waals surface area contributed by atoms with Gasteiger partial charge in [-0.3, -0.25) is 9.59 Å². The van der Waals surface area contributed by atoms with Gasteiger partial charge in [0.25, 0.3) is 0 Å². The molecule has 5 nitrogen and oxygen atoms in total. The summed E-state index contributed by atoms with van der Waals surface area (Å²) in [4.78, 5) is 34.6. The van der Waals surface area contributed by atoms with Crippen LogP contribution in [0.2, 0.25) is 5.02 Å². The Hall–Kier alpha value is -2.66. The number of benzene rings is 1. The van der Waals surface area contributed by atoms with Crippen LogP contribution < -0.4 is 0 Å². The van der Waals surface area contributed by atoms with Crippen LogP contribution in [0.25, 0.3) is 6.08 Å². The number of esters is 1. The zero-order valence-corrected chi connectivity index (χ0v) is 14.5. The summed E-state index contributed by atoms with van der Waals surface area (Å²) >= 11 is 5.88. The van der Waals surface area contributed by atoms with Crippen molar-refractivity contribution in [2.75, 3.05) is 6.61 Å². The van der Waals surface area contributed by atoms with Gasteiger partial charge in [0.2, 0.25) is 5.78 Å². The van der Waals surface area contributed by atoms with Crippen LogP contribution in [0.3, 0.4) is 0 Å². The van der Waals surface area contributed by atoms with Gasteiger partial charge in [0.05, 0.1) is 13.0 Å². The van der Waals surface area contributed by atoms with Gasteiger partial charge in [-0.2, -0.15) is 0 Å². The van der Waals surface area contributed by atoms with Crippen LogP contribution in [0.15, 0.2) is 48.7 Å². The Morgan fingerprint density at radius 2 is 1.88 bits per heavy atom. The molecule has 0 saturated carbocycles. The standard InChI is InChI=1S/C19H18ClNO4/c1-2-25-19(24)18(23)12-17(22)10-9-16-4-3-11-21(16)13-14-5-7-15(20)8-6-14/h3-11H,2,12-13H2,1H3/b10-9+. The molecule has 1 heterocycles. The zero-order valence-electron chi connectivity index (χ0n) is 13.8. The number of hydrogen-bond donors (Lipinski definition) is 0. The second kappa shape index (κ2) is 8.99. The lowest BCUT2D eigenvalue weighted by molar-refractivity contribution is -0.154. The predicted molar refractivity (Wildman–Crippen MR) is 95.3 cm³/mol. The summed E-state index contributed by atoms with van der Waals surface area (Å²) < 4.78 is 6.53. The molecule has 130 valence electrons. The number of nitrogens with zero attached hydrogens (tertiary/aromatic N) is 1. The van der Waals surface area contributed by atoms with Gasteiger partial charge < -0.3 is 9.30 Å².